The number of aliphatic hydroxyl groups excluding tert-OH is 1. The van der Waals surface area contributed by atoms with Crippen LogP contribution in [0.3, 0.4) is 0 Å². The van der Waals surface area contributed by atoms with Crippen molar-refractivity contribution in [2.45, 2.75) is 184 Å². The van der Waals surface area contributed by atoms with E-state index in [9.17, 15) is 48.9 Å². The monoisotopic (exact) mass is 1210 g/mol. The van der Waals surface area contributed by atoms with Crippen LogP contribution in [0.1, 0.15) is 153 Å². The minimum absolute atomic E-state index is 0.00843. The number of hydrogen-bond acceptors (Lipinski definition) is 13. The van der Waals surface area contributed by atoms with Gasteiger partial charge in [-0.25, -0.2) is 0 Å². The molecule has 0 spiro atoms. The standard InChI is InChI=1S/C27H38O4Si.C24H30O5.C22H28O4/c1-17-14-23-21-9-8-19-15-20(29)10-12-26(19,3)22(21)11-13-27(23,4)25(17)24(16-30-18(2)28)31-32(5,6)7;1-14-11-20-18-6-5-16-12-17(26)7-9-22(16,3)19(18)8-10-23(20,4)24(14,28)21(27)13-29-15(2)25;1-13-10-18-16-5-4-14-11-15(24)6-8-20(14,2)17(16)7-9-21(18,3)22(13,26)19(25)12-23/h10-12,15,17,21,23H,8-9,13-14,16H2,1-7H3;7-9,12,14,18,20,28H,5-6,10-11,13H2,1-4H3;6-8,11,13,16,18,23,26H,4-5,9-10,12H2,1-3H3/b25-24-;;/t17-,21?,23?,26+,27+;14-,18?,20?,22+,23+,24+;13-,16?,18?,20+,21+,22+/m111/s1. The number of ketones is 5. The Kier molecular flexibility index (Phi) is 16.7. The molecule has 6 unspecified atom stereocenters. The molecular formula is C73H96O13Si. The van der Waals surface area contributed by atoms with Gasteiger partial charge in [0.15, 0.2) is 29.7 Å². The Bertz CT molecular complexity index is 3300. The summed E-state index contributed by atoms with van der Waals surface area (Å²) in [5.74, 6) is 1.54. The molecule has 0 aromatic rings. The molecule has 0 radical (unpaired) electrons. The molecule has 0 aromatic carbocycles. The maximum atomic E-state index is 13.0. The van der Waals surface area contributed by atoms with Crippen LogP contribution in [0.15, 0.2) is 118 Å². The first-order valence-corrected chi connectivity index (χ1v) is 35.7. The van der Waals surface area contributed by atoms with Gasteiger partial charge in [-0.2, -0.15) is 0 Å². The molecule has 12 rings (SSSR count). The third kappa shape index (κ3) is 10.2. The summed E-state index contributed by atoms with van der Waals surface area (Å²) < 4.78 is 17.0. The number of esters is 2. The van der Waals surface area contributed by atoms with Gasteiger partial charge in [-0.3, -0.25) is 33.6 Å². The highest BCUT2D eigenvalue weighted by Gasteiger charge is 2.69. The van der Waals surface area contributed by atoms with E-state index in [0.29, 0.717) is 36.5 Å². The highest BCUT2D eigenvalue weighted by atomic mass is 28.4. The zero-order valence-corrected chi connectivity index (χ0v) is 55.2. The van der Waals surface area contributed by atoms with Gasteiger partial charge >= 0.3 is 11.9 Å². The van der Waals surface area contributed by atoms with Crippen LogP contribution in [0.4, 0.5) is 0 Å². The minimum atomic E-state index is -1.87. The van der Waals surface area contributed by atoms with E-state index in [-0.39, 0.29) is 87.8 Å². The molecule has 0 saturated heterocycles. The van der Waals surface area contributed by atoms with E-state index in [2.05, 4.69) is 78.6 Å². The van der Waals surface area contributed by atoms with Crippen molar-refractivity contribution >= 4 is 49.2 Å². The highest BCUT2D eigenvalue weighted by molar-refractivity contribution is 6.70. The Labute approximate surface area is 516 Å². The summed E-state index contributed by atoms with van der Waals surface area (Å²) in [4.78, 5) is 84.0. The lowest BCUT2D eigenvalue weighted by atomic mass is 9.51. The molecule has 17 atom stereocenters. The lowest BCUT2D eigenvalue weighted by molar-refractivity contribution is -0.167. The van der Waals surface area contributed by atoms with Gasteiger partial charge in [-0.1, -0.05) is 111 Å². The van der Waals surface area contributed by atoms with Gasteiger partial charge < -0.3 is 29.2 Å². The van der Waals surface area contributed by atoms with E-state index >= 15 is 0 Å². The van der Waals surface area contributed by atoms with Gasteiger partial charge in [0.05, 0.1) is 0 Å². The normalized spacial score (nSPS) is 42.1. The first-order valence-electron chi connectivity index (χ1n) is 32.3. The topological polar surface area (TPSA) is 208 Å². The predicted molar refractivity (Wildman–Crippen MR) is 335 cm³/mol. The first kappa shape index (κ1) is 64.6. The fourth-order valence-corrected chi connectivity index (χ4v) is 21.2. The van der Waals surface area contributed by atoms with Crippen molar-refractivity contribution in [3.63, 3.8) is 0 Å². The quantitative estimate of drug-likeness (QED) is 0.0851. The lowest BCUT2D eigenvalue weighted by Gasteiger charge is -2.53. The van der Waals surface area contributed by atoms with E-state index in [1.807, 2.05) is 45.9 Å². The van der Waals surface area contributed by atoms with E-state index in [4.69, 9.17) is 13.9 Å². The highest BCUT2D eigenvalue weighted by Crippen LogP contribution is 2.69. The van der Waals surface area contributed by atoms with Crippen molar-refractivity contribution in [2.24, 2.45) is 85.8 Å². The second kappa shape index (κ2) is 22.5. The van der Waals surface area contributed by atoms with Gasteiger partial charge in [-0.05, 0) is 218 Å². The second-order valence-electron chi connectivity index (χ2n) is 30.5. The third-order valence-corrected chi connectivity index (χ3v) is 25.5. The van der Waals surface area contributed by atoms with Gasteiger partial charge in [0.1, 0.15) is 30.2 Å². The van der Waals surface area contributed by atoms with Crippen molar-refractivity contribution in [2.75, 3.05) is 19.8 Å². The van der Waals surface area contributed by atoms with Gasteiger partial charge in [0.25, 0.3) is 0 Å². The van der Waals surface area contributed by atoms with E-state index < -0.39 is 54.5 Å². The maximum Gasteiger partial charge on any atom is 0.303 e. The fraction of sp³-hybridized carbons (Fsp3) is 0.630. The molecule has 0 bridgehead atoms. The molecule has 87 heavy (non-hydrogen) atoms. The van der Waals surface area contributed by atoms with Crippen LogP contribution in [-0.2, 0) is 47.5 Å². The third-order valence-electron chi connectivity index (χ3n) is 24.7. The largest absolute Gasteiger partial charge is 0.545 e. The Morgan fingerprint density at radius 2 is 0.931 bits per heavy atom. The Balaban J connectivity index is 0.000000145. The lowest BCUT2D eigenvalue weighted by Crippen LogP contribution is -2.57. The zero-order chi connectivity index (χ0) is 63.6. The number of fused-ring (bicyclic) bond motifs is 15. The number of carbonyl (C=O) groups excluding carboxylic acids is 7. The maximum absolute atomic E-state index is 13.0. The van der Waals surface area contributed by atoms with E-state index in [0.717, 1.165) is 70.0 Å². The molecule has 0 amide bonds. The van der Waals surface area contributed by atoms with Gasteiger partial charge in [0, 0.05) is 40.9 Å². The summed E-state index contributed by atoms with van der Waals surface area (Å²) in [7, 11) is -1.87. The van der Waals surface area contributed by atoms with Crippen LogP contribution in [0, 0.1) is 85.8 Å². The van der Waals surface area contributed by atoms with Gasteiger partial charge in [-0.15, -0.1) is 0 Å². The van der Waals surface area contributed by atoms with Crippen LogP contribution < -0.4 is 0 Å². The van der Waals surface area contributed by atoms with Crippen molar-refractivity contribution in [1.29, 1.82) is 0 Å². The molecule has 3 N–H and O–H groups in total. The molecule has 0 aromatic heterocycles. The van der Waals surface area contributed by atoms with Crippen LogP contribution in [0.2, 0.25) is 19.6 Å². The average molecular weight is 1210 g/mol. The molecular weight excluding hydrogens is 1110 g/mol. The van der Waals surface area contributed by atoms with Crippen molar-refractivity contribution < 1.29 is 62.8 Å². The summed E-state index contributed by atoms with van der Waals surface area (Å²) in [6.07, 6.45) is 34.2. The molecule has 6 saturated carbocycles. The summed E-state index contributed by atoms with van der Waals surface area (Å²) in [5, 5.41) is 32.5. The summed E-state index contributed by atoms with van der Waals surface area (Å²) >= 11 is 0. The summed E-state index contributed by atoms with van der Waals surface area (Å²) in [6.45, 7) is 27.8. The van der Waals surface area contributed by atoms with Crippen LogP contribution in [0.5, 0.6) is 0 Å². The predicted octanol–water partition coefficient (Wildman–Crippen LogP) is 12.2. The number of carbonyl (C=O) groups is 7. The smallest absolute Gasteiger partial charge is 0.303 e. The number of ether oxygens (including phenoxy) is 2. The zero-order valence-electron chi connectivity index (χ0n) is 54.2. The van der Waals surface area contributed by atoms with Gasteiger partial charge in [0.2, 0.25) is 14.1 Å². The number of hydrogen-bond donors (Lipinski definition) is 3. The fourth-order valence-electron chi connectivity index (χ4n) is 20.3. The molecule has 0 heterocycles. The molecule has 0 aliphatic heterocycles. The van der Waals surface area contributed by atoms with Crippen molar-refractivity contribution in [3.8, 4) is 0 Å². The molecule has 12 aliphatic rings. The Hall–Kier alpha value is -5.41. The Morgan fingerprint density at radius 3 is 1.32 bits per heavy atom. The molecule has 470 valence electrons. The molecule has 6 fully saturated rings. The minimum Gasteiger partial charge on any atom is -0.545 e. The van der Waals surface area contributed by atoms with Crippen LogP contribution in [0.25, 0.3) is 0 Å². The van der Waals surface area contributed by atoms with Crippen LogP contribution in [-0.4, -0.2) is 95.5 Å². The SMILES string of the molecule is CC(=O)OC/C(O[Si](C)(C)C)=C1\[C@H](C)CC2C3CCC4=CC(=O)C=C[C@]4(C)C3=CC[C@]12C.CC(=O)OCC(=O)[C@@]1(O)[C@H](C)CC2C3CCC4=CC(=O)C=C[C@]4(C)C3=CC[C@@]21C.C[C@@H]1CC2C3CCC4=CC(=O)C=C[C@]4(C)C3=CC[C@]2(C)[C@@]1(O)C(=O)CO. The van der Waals surface area contributed by atoms with Crippen molar-refractivity contribution in [1.82, 2.24) is 0 Å². The summed E-state index contributed by atoms with van der Waals surface area (Å²) in [6, 6.07) is 0. The number of rotatable bonds is 9. The second-order valence-corrected chi connectivity index (χ2v) is 34.9. The Morgan fingerprint density at radius 1 is 0.552 bits per heavy atom. The van der Waals surface area contributed by atoms with E-state index in [1.165, 1.54) is 52.9 Å². The van der Waals surface area contributed by atoms with Crippen LogP contribution >= 0.6 is 0 Å². The number of allylic oxidation sites excluding steroid dienone is 19. The number of Topliss-reactive ketones (excluding diaryl/α,β-unsaturated/α-hetero) is 2. The first-order chi connectivity index (χ1) is 40.6. The molecule has 13 nitrogen and oxygen atoms in total. The molecule has 12 aliphatic carbocycles. The average Bonchev–Trinajstić information content (AvgIpc) is 1.65. The summed E-state index contributed by atoms with van der Waals surface area (Å²) in [5.41, 5.74) is 4.46. The van der Waals surface area contributed by atoms with Crippen molar-refractivity contribution in [3.05, 3.63) is 118 Å². The van der Waals surface area contributed by atoms with E-state index in [1.54, 1.807) is 30.4 Å². The molecule has 14 heteroatoms. The number of aliphatic hydroxyl groups is 3.